The number of pyridine rings is 1. The lowest BCUT2D eigenvalue weighted by Gasteiger charge is -2.31. The maximum absolute atomic E-state index is 12.6. The number of hydrogen-bond donors (Lipinski definition) is 1. The highest BCUT2D eigenvalue weighted by molar-refractivity contribution is 7.16. The largest absolute Gasteiger partial charge is 0.338 e. The van der Waals surface area contributed by atoms with E-state index in [1.165, 1.54) is 11.3 Å². The highest BCUT2D eigenvalue weighted by atomic mass is 35.5. The molecule has 0 aromatic carbocycles. The number of carbonyl (C=O) groups is 1. The normalized spacial score (nSPS) is 14.5. The van der Waals surface area contributed by atoms with Gasteiger partial charge in [0.05, 0.1) is 11.9 Å². The number of nitrogens with one attached hydrogen (secondary N) is 1. The van der Waals surface area contributed by atoms with Crippen LogP contribution in [0.4, 0.5) is 0 Å². The van der Waals surface area contributed by atoms with Crippen molar-refractivity contribution in [2.24, 2.45) is 5.92 Å². The minimum absolute atomic E-state index is 0. The van der Waals surface area contributed by atoms with Gasteiger partial charge in [0, 0.05) is 19.3 Å². The molecule has 0 atom stereocenters. The Hall–Kier alpha value is -1.21. The van der Waals surface area contributed by atoms with E-state index in [1.54, 1.807) is 12.4 Å². The molecule has 5 nitrogen and oxygen atoms in total. The predicted molar refractivity (Wildman–Crippen MR) is 107 cm³/mol. The van der Waals surface area contributed by atoms with Crippen LogP contribution in [0.15, 0.2) is 30.6 Å². The number of amides is 1. The van der Waals surface area contributed by atoms with Crippen molar-refractivity contribution in [1.29, 1.82) is 0 Å². The lowest BCUT2D eigenvalue weighted by molar-refractivity contribution is 0.0695. The minimum atomic E-state index is 0. The van der Waals surface area contributed by atoms with Crippen LogP contribution in [-0.2, 0) is 0 Å². The van der Waals surface area contributed by atoms with Gasteiger partial charge >= 0.3 is 0 Å². The number of carbonyl (C=O) groups excluding carboxylic acids is 1. The molecule has 1 N–H and O–H groups in total. The summed E-state index contributed by atoms with van der Waals surface area (Å²) in [6.07, 6.45) is 5.57. The fourth-order valence-electron chi connectivity index (χ4n) is 2.83. The van der Waals surface area contributed by atoms with Gasteiger partial charge in [-0.2, -0.15) is 0 Å². The maximum Gasteiger partial charge on any atom is 0.265 e. The Labute approximate surface area is 165 Å². The molecule has 25 heavy (non-hydrogen) atoms. The summed E-state index contributed by atoms with van der Waals surface area (Å²) < 4.78 is 0. The average molecular weight is 403 g/mol. The second kappa shape index (κ2) is 10.7. The zero-order valence-electron chi connectivity index (χ0n) is 14.2. The van der Waals surface area contributed by atoms with Crippen LogP contribution in [0.25, 0.3) is 10.7 Å². The van der Waals surface area contributed by atoms with Crippen LogP contribution in [0.5, 0.6) is 0 Å². The van der Waals surface area contributed by atoms with E-state index in [-0.39, 0.29) is 30.7 Å². The van der Waals surface area contributed by atoms with E-state index in [4.69, 9.17) is 0 Å². The standard InChI is InChI=1S/C17H22N4OS.2ClH/c1-2-18-11-13-6-9-21(10-7-13)17(22)15-12-20-16(23-15)14-5-3-4-8-19-14;;/h3-5,8,12-13,18H,2,6-7,9-11H2,1H3;2*1H. The molecule has 0 saturated carbocycles. The van der Waals surface area contributed by atoms with Crippen molar-refractivity contribution in [3.63, 3.8) is 0 Å². The number of piperidine rings is 1. The monoisotopic (exact) mass is 402 g/mol. The fraction of sp³-hybridized carbons (Fsp3) is 0.471. The molecule has 0 bridgehead atoms. The number of nitrogens with zero attached hydrogens (tertiary/aromatic N) is 3. The van der Waals surface area contributed by atoms with Gasteiger partial charge in [-0.25, -0.2) is 4.98 Å². The fourth-order valence-corrected chi connectivity index (χ4v) is 3.69. The van der Waals surface area contributed by atoms with E-state index >= 15 is 0 Å². The Morgan fingerprint density at radius 1 is 1.28 bits per heavy atom. The van der Waals surface area contributed by atoms with Gasteiger partial charge < -0.3 is 10.2 Å². The topological polar surface area (TPSA) is 58.1 Å². The summed E-state index contributed by atoms with van der Waals surface area (Å²) in [6, 6.07) is 5.72. The van der Waals surface area contributed by atoms with Crippen molar-refractivity contribution in [2.75, 3.05) is 26.2 Å². The van der Waals surface area contributed by atoms with E-state index in [1.807, 2.05) is 23.1 Å². The molecule has 1 aliphatic rings. The van der Waals surface area contributed by atoms with Crippen molar-refractivity contribution in [1.82, 2.24) is 20.2 Å². The Morgan fingerprint density at radius 3 is 2.68 bits per heavy atom. The molecule has 2 aromatic heterocycles. The smallest absolute Gasteiger partial charge is 0.265 e. The number of thiazole rings is 1. The van der Waals surface area contributed by atoms with Gasteiger partial charge in [-0.1, -0.05) is 13.0 Å². The van der Waals surface area contributed by atoms with Crippen molar-refractivity contribution in [2.45, 2.75) is 19.8 Å². The molecule has 138 valence electrons. The highest BCUT2D eigenvalue weighted by Gasteiger charge is 2.24. The van der Waals surface area contributed by atoms with Crippen LogP contribution in [0, 0.1) is 5.92 Å². The summed E-state index contributed by atoms with van der Waals surface area (Å²) in [6.45, 7) is 5.87. The first kappa shape index (κ1) is 21.8. The zero-order chi connectivity index (χ0) is 16.1. The maximum atomic E-state index is 12.6. The van der Waals surface area contributed by atoms with Gasteiger partial charge in [-0.3, -0.25) is 9.78 Å². The van der Waals surface area contributed by atoms with Crippen LogP contribution < -0.4 is 5.32 Å². The van der Waals surface area contributed by atoms with Crippen LogP contribution in [-0.4, -0.2) is 47.0 Å². The molecule has 3 rings (SSSR count). The molecule has 0 aliphatic carbocycles. The van der Waals surface area contributed by atoms with E-state index in [0.29, 0.717) is 10.8 Å². The van der Waals surface area contributed by atoms with Crippen molar-refractivity contribution in [3.8, 4) is 10.7 Å². The molecular formula is C17H24Cl2N4OS. The van der Waals surface area contributed by atoms with Crippen LogP contribution in [0.1, 0.15) is 29.4 Å². The van der Waals surface area contributed by atoms with Crippen molar-refractivity contribution < 1.29 is 4.79 Å². The quantitative estimate of drug-likeness (QED) is 0.830. The highest BCUT2D eigenvalue weighted by Crippen LogP contribution is 2.25. The van der Waals surface area contributed by atoms with Gasteiger partial charge in [0.1, 0.15) is 9.88 Å². The molecule has 8 heteroatoms. The molecule has 0 radical (unpaired) electrons. The van der Waals surface area contributed by atoms with Crippen LogP contribution in [0.3, 0.4) is 0 Å². The number of aromatic nitrogens is 2. The molecule has 1 fully saturated rings. The van der Waals surface area contributed by atoms with Gasteiger partial charge in [0.15, 0.2) is 0 Å². The van der Waals surface area contributed by atoms with E-state index < -0.39 is 0 Å². The van der Waals surface area contributed by atoms with E-state index in [0.717, 1.165) is 49.7 Å². The summed E-state index contributed by atoms with van der Waals surface area (Å²) in [5.41, 5.74) is 0.820. The van der Waals surface area contributed by atoms with E-state index in [9.17, 15) is 4.79 Å². The Morgan fingerprint density at radius 2 is 2.04 bits per heavy atom. The second-order valence-corrected chi connectivity index (χ2v) is 6.82. The number of halogens is 2. The molecule has 1 amide bonds. The second-order valence-electron chi connectivity index (χ2n) is 5.79. The van der Waals surface area contributed by atoms with Gasteiger partial charge in [-0.05, 0) is 44.0 Å². The number of hydrogen-bond acceptors (Lipinski definition) is 5. The summed E-state index contributed by atoms with van der Waals surface area (Å²) >= 11 is 1.43. The van der Waals surface area contributed by atoms with Crippen molar-refractivity contribution >= 4 is 42.1 Å². The first-order valence-electron chi connectivity index (χ1n) is 8.15. The van der Waals surface area contributed by atoms with Gasteiger partial charge in [-0.15, -0.1) is 36.2 Å². The van der Waals surface area contributed by atoms with Crippen molar-refractivity contribution in [3.05, 3.63) is 35.5 Å². The molecular weight excluding hydrogens is 379 g/mol. The third-order valence-corrected chi connectivity index (χ3v) is 5.19. The van der Waals surface area contributed by atoms with Gasteiger partial charge in [0.2, 0.25) is 0 Å². The Kier molecular flexibility index (Phi) is 9.35. The molecule has 0 spiro atoms. The summed E-state index contributed by atoms with van der Waals surface area (Å²) in [5, 5.41) is 4.20. The van der Waals surface area contributed by atoms with Gasteiger partial charge in [0.25, 0.3) is 5.91 Å². The lowest BCUT2D eigenvalue weighted by Crippen LogP contribution is -2.40. The zero-order valence-corrected chi connectivity index (χ0v) is 16.6. The molecule has 1 aliphatic heterocycles. The SMILES string of the molecule is CCNCC1CCN(C(=O)c2cnc(-c3ccccn3)s2)CC1.Cl.Cl. The third kappa shape index (κ3) is 5.64. The first-order chi connectivity index (χ1) is 11.3. The van der Waals surface area contributed by atoms with Crippen LogP contribution >= 0.6 is 36.2 Å². The Balaban J connectivity index is 0.00000156. The number of rotatable bonds is 5. The molecule has 3 heterocycles. The summed E-state index contributed by atoms with van der Waals surface area (Å²) in [7, 11) is 0. The molecule has 0 unspecified atom stereocenters. The average Bonchev–Trinajstić information content (AvgIpc) is 3.11. The first-order valence-corrected chi connectivity index (χ1v) is 8.96. The molecule has 2 aromatic rings. The summed E-state index contributed by atoms with van der Waals surface area (Å²) in [5.74, 6) is 0.788. The van der Waals surface area contributed by atoms with E-state index in [2.05, 4.69) is 22.2 Å². The molecule has 1 saturated heterocycles. The number of likely N-dealkylation sites (tertiary alicyclic amines) is 1. The summed E-state index contributed by atoms with van der Waals surface area (Å²) in [4.78, 5) is 23.9. The Bertz CT molecular complexity index is 645. The predicted octanol–water partition coefficient (Wildman–Crippen LogP) is 3.51. The minimum Gasteiger partial charge on any atom is -0.338 e. The third-order valence-electron chi connectivity index (χ3n) is 4.19. The van der Waals surface area contributed by atoms with Crippen LogP contribution in [0.2, 0.25) is 0 Å². The lowest BCUT2D eigenvalue weighted by atomic mass is 9.96.